The second kappa shape index (κ2) is 4.92. The second-order valence-corrected chi connectivity index (χ2v) is 4.28. The molecule has 1 unspecified atom stereocenters. The lowest BCUT2D eigenvalue weighted by Gasteiger charge is -2.11. The molecule has 0 heterocycles. The predicted octanol–water partition coefficient (Wildman–Crippen LogP) is 4.07. The van der Waals surface area contributed by atoms with E-state index in [1.54, 1.807) is 0 Å². The lowest BCUT2D eigenvalue weighted by atomic mass is 9.97. The number of aryl methyl sites for hydroxylation is 1. The average molecular weight is 215 g/mol. The minimum atomic E-state index is 0.577. The molecule has 0 saturated heterocycles. The van der Waals surface area contributed by atoms with Gasteiger partial charge < -0.3 is 0 Å². The molecule has 0 bridgehead atoms. The molecule has 0 spiro atoms. The van der Waals surface area contributed by atoms with Crippen molar-refractivity contribution in [3.05, 3.63) is 34.3 Å². The van der Waals surface area contributed by atoms with E-state index in [0.717, 1.165) is 22.8 Å². The molecule has 0 N–H and O–H groups in total. The van der Waals surface area contributed by atoms with E-state index in [-0.39, 0.29) is 0 Å². The molecular weight excluding hydrogens is 200 g/mol. The minimum absolute atomic E-state index is 0.577. The summed E-state index contributed by atoms with van der Waals surface area (Å²) in [5, 5.41) is 0.849. The van der Waals surface area contributed by atoms with Gasteiger partial charge in [-0.1, -0.05) is 30.7 Å². The van der Waals surface area contributed by atoms with Crippen molar-refractivity contribution in [3.63, 3.8) is 0 Å². The van der Waals surface area contributed by atoms with Gasteiger partial charge in [0, 0.05) is 5.02 Å². The third-order valence-corrected chi connectivity index (χ3v) is 3.00. The van der Waals surface area contributed by atoms with Crippen LogP contribution in [0.15, 0.2) is 18.2 Å². The van der Waals surface area contributed by atoms with E-state index in [2.05, 4.69) is 31.7 Å². The Hall–Kier alpha value is -0.140. The molecule has 0 aliphatic heterocycles. The smallest absolute Gasteiger partial charge is 0.0435 e. The van der Waals surface area contributed by atoms with Gasteiger partial charge in [0.25, 0.3) is 0 Å². The van der Waals surface area contributed by atoms with Crippen LogP contribution in [0.1, 0.15) is 30.4 Å². The van der Waals surface area contributed by atoms with E-state index in [0.29, 0.717) is 5.92 Å². The first-order valence-corrected chi connectivity index (χ1v) is 5.53. The van der Waals surface area contributed by atoms with Gasteiger partial charge in [0.2, 0.25) is 0 Å². The van der Waals surface area contributed by atoms with E-state index < -0.39 is 0 Å². The topological polar surface area (TPSA) is 0 Å². The van der Waals surface area contributed by atoms with Crippen LogP contribution in [0.3, 0.4) is 0 Å². The fourth-order valence-electron chi connectivity index (χ4n) is 1.33. The number of thiol groups is 1. The van der Waals surface area contributed by atoms with Gasteiger partial charge in [0.05, 0.1) is 0 Å². The van der Waals surface area contributed by atoms with Gasteiger partial charge >= 0.3 is 0 Å². The molecule has 0 fully saturated rings. The van der Waals surface area contributed by atoms with Crippen molar-refractivity contribution in [2.45, 2.75) is 26.2 Å². The Morgan fingerprint density at radius 2 is 2.15 bits per heavy atom. The zero-order chi connectivity index (χ0) is 9.84. The maximum Gasteiger partial charge on any atom is 0.0435 e. The highest BCUT2D eigenvalue weighted by Crippen LogP contribution is 2.24. The fourth-order valence-corrected chi connectivity index (χ4v) is 1.84. The third-order valence-electron chi connectivity index (χ3n) is 2.31. The monoisotopic (exact) mass is 214 g/mol. The van der Waals surface area contributed by atoms with Gasteiger partial charge in [0.15, 0.2) is 0 Å². The number of rotatable bonds is 3. The Bertz CT molecular complexity index is 283. The Morgan fingerprint density at radius 3 is 2.69 bits per heavy atom. The van der Waals surface area contributed by atoms with Crippen LogP contribution in [0.25, 0.3) is 0 Å². The first-order chi connectivity index (χ1) is 6.15. The van der Waals surface area contributed by atoms with Crippen LogP contribution in [0, 0.1) is 6.92 Å². The van der Waals surface area contributed by atoms with E-state index in [9.17, 15) is 0 Å². The molecule has 0 nitrogen and oxygen atoms in total. The second-order valence-electron chi connectivity index (χ2n) is 3.42. The predicted molar refractivity (Wildman–Crippen MR) is 63.1 cm³/mol. The Morgan fingerprint density at radius 1 is 1.46 bits per heavy atom. The first-order valence-electron chi connectivity index (χ1n) is 4.52. The molecular formula is C11H15ClS. The molecule has 72 valence electrons. The lowest BCUT2D eigenvalue weighted by Crippen LogP contribution is -1.94. The average Bonchev–Trinajstić information content (AvgIpc) is 2.10. The zero-order valence-electron chi connectivity index (χ0n) is 8.05. The normalized spacial score (nSPS) is 12.9. The van der Waals surface area contributed by atoms with Crippen molar-refractivity contribution in [1.29, 1.82) is 0 Å². The zero-order valence-corrected chi connectivity index (χ0v) is 9.70. The highest BCUT2D eigenvalue weighted by Gasteiger charge is 2.05. The Kier molecular flexibility index (Phi) is 4.14. The molecule has 13 heavy (non-hydrogen) atoms. The summed E-state index contributed by atoms with van der Waals surface area (Å²) in [4.78, 5) is 0. The SMILES string of the molecule is Cc1cc(C(C)CCS)ccc1Cl. The number of hydrogen-bond donors (Lipinski definition) is 1. The molecule has 0 aliphatic rings. The summed E-state index contributed by atoms with van der Waals surface area (Å²) in [6.07, 6.45) is 1.12. The molecule has 0 radical (unpaired) electrons. The van der Waals surface area contributed by atoms with Crippen molar-refractivity contribution < 1.29 is 0 Å². The number of halogens is 1. The number of hydrogen-bond acceptors (Lipinski definition) is 1. The quantitative estimate of drug-likeness (QED) is 0.721. The maximum atomic E-state index is 5.95. The fraction of sp³-hybridized carbons (Fsp3) is 0.455. The van der Waals surface area contributed by atoms with Gasteiger partial charge in [-0.2, -0.15) is 12.6 Å². The van der Waals surface area contributed by atoms with Crippen LogP contribution < -0.4 is 0 Å². The van der Waals surface area contributed by atoms with Crippen molar-refractivity contribution in [2.75, 3.05) is 5.75 Å². The van der Waals surface area contributed by atoms with Crippen molar-refractivity contribution in [3.8, 4) is 0 Å². The van der Waals surface area contributed by atoms with Crippen molar-refractivity contribution in [1.82, 2.24) is 0 Å². The van der Waals surface area contributed by atoms with E-state index in [4.69, 9.17) is 11.6 Å². The van der Waals surface area contributed by atoms with E-state index in [1.165, 1.54) is 5.56 Å². The highest BCUT2D eigenvalue weighted by atomic mass is 35.5. The molecule has 1 atom stereocenters. The molecule has 2 heteroatoms. The molecule has 1 aromatic carbocycles. The molecule has 0 saturated carbocycles. The van der Waals surface area contributed by atoms with Crippen LogP contribution in [0.5, 0.6) is 0 Å². The third kappa shape index (κ3) is 2.92. The molecule has 0 amide bonds. The maximum absolute atomic E-state index is 5.95. The minimum Gasteiger partial charge on any atom is -0.179 e. The van der Waals surface area contributed by atoms with Crippen molar-refractivity contribution in [2.24, 2.45) is 0 Å². The summed E-state index contributed by atoms with van der Waals surface area (Å²) < 4.78 is 0. The van der Waals surface area contributed by atoms with Crippen molar-refractivity contribution >= 4 is 24.2 Å². The summed E-state index contributed by atoms with van der Waals surface area (Å²) in [6.45, 7) is 4.26. The first kappa shape index (κ1) is 10.9. The Labute approximate surface area is 90.7 Å². The van der Waals surface area contributed by atoms with Gasteiger partial charge in [0.1, 0.15) is 0 Å². The van der Waals surface area contributed by atoms with Crippen LogP contribution in [0.4, 0.5) is 0 Å². The highest BCUT2D eigenvalue weighted by molar-refractivity contribution is 7.80. The van der Waals surface area contributed by atoms with Crippen LogP contribution in [0.2, 0.25) is 5.02 Å². The van der Waals surface area contributed by atoms with Crippen LogP contribution >= 0.6 is 24.2 Å². The standard InChI is InChI=1S/C11H15ClS/c1-8(5-6-13)10-3-4-11(12)9(2)7-10/h3-4,7-8,13H,5-6H2,1-2H3. The Balaban J connectivity index is 2.84. The van der Waals surface area contributed by atoms with E-state index in [1.807, 2.05) is 13.0 Å². The number of benzene rings is 1. The van der Waals surface area contributed by atoms with Gasteiger partial charge in [-0.3, -0.25) is 0 Å². The molecule has 0 aliphatic carbocycles. The van der Waals surface area contributed by atoms with Gasteiger partial charge in [-0.25, -0.2) is 0 Å². The molecule has 1 rings (SSSR count). The van der Waals surface area contributed by atoms with Crippen LogP contribution in [-0.2, 0) is 0 Å². The van der Waals surface area contributed by atoms with Crippen LogP contribution in [-0.4, -0.2) is 5.75 Å². The summed E-state index contributed by atoms with van der Waals surface area (Å²) in [6, 6.07) is 6.24. The summed E-state index contributed by atoms with van der Waals surface area (Å²) in [5.74, 6) is 1.51. The summed E-state index contributed by atoms with van der Waals surface area (Å²) in [7, 11) is 0. The molecule has 1 aromatic rings. The van der Waals surface area contributed by atoms with E-state index >= 15 is 0 Å². The molecule has 0 aromatic heterocycles. The van der Waals surface area contributed by atoms with Gasteiger partial charge in [-0.05, 0) is 42.2 Å². The largest absolute Gasteiger partial charge is 0.179 e. The summed E-state index contributed by atoms with van der Waals surface area (Å²) >= 11 is 10.2. The summed E-state index contributed by atoms with van der Waals surface area (Å²) in [5.41, 5.74) is 2.51. The lowest BCUT2D eigenvalue weighted by molar-refractivity contribution is 0.741. The van der Waals surface area contributed by atoms with Gasteiger partial charge in [-0.15, -0.1) is 0 Å².